The summed E-state index contributed by atoms with van der Waals surface area (Å²) in [6.07, 6.45) is 8.25. The van der Waals surface area contributed by atoms with E-state index in [0.29, 0.717) is 53.0 Å². The van der Waals surface area contributed by atoms with Crippen LogP contribution in [-0.2, 0) is 9.47 Å². The van der Waals surface area contributed by atoms with Gasteiger partial charge in [0.15, 0.2) is 12.6 Å². The molecule has 12 nitrogen and oxygen atoms in total. The predicted octanol–water partition coefficient (Wildman–Crippen LogP) is 6.25. The average molecular weight is 755 g/mol. The molecule has 4 fully saturated rings. The lowest BCUT2D eigenvalue weighted by Gasteiger charge is -2.46. The molecule has 1 amide bonds. The second-order valence-corrected chi connectivity index (χ2v) is 16.3. The van der Waals surface area contributed by atoms with Gasteiger partial charge in [0.2, 0.25) is 5.88 Å². The molecule has 0 unspecified atom stereocenters. The summed E-state index contributed by atoms with van der Waals surface area (Å²) in [6.45, 7) is 7.40. The van der Waals surface area contributed by atoms with Crippen LogP contribution in [0.25, 0.3) is 32.9 Å². The molecule has 288 valence electrons. The molecule has 4 aromatic rings. The summed E-state index contributed by atoms with van der Waals surface area (Å²) < 4.78 is 62.1. The molecule has 55 heavy (non-hydrogen) atoms. The van der Waals surface area contributed by atoms with Crippen LogP contribution in [0.15, 0.2) is 30.3 Å². The van der Waals surface area contributed by atoms with Gasteiger partial charge < -0.3 is 28.6 Å². The van der Waals surface area contributed by atoms with Gasteiger partial charge in [-0.2, -0.15) is 9.97 Å². The molecule has 9 rings (SSSR count). The fourth-order valence-corrected chi connectivity index (χ4v) is 9.47. The van der Waals surface area contributed by atoms with Crippen LogP contribution in [0.2, 0.25) is 0 Å². The third kappa shape index (κ3) is 6.03. The van der Waals surface area contributed by atoms with E-state index in [4.69, 9.17) is 45.1 Å². The molecule has 0 spiro atoms. The van der Waals surface area contributed by atoms with Crippen LogP contribution in [0.3, 0.4) is 0 Å². The fourth-order valence-electron chi connectivity index (χ4n) is 9.47. The van der Waals surface area contributed by atoms with E-state index in [1.807, 2.05) is 43.9 Å². The maximum atomic E-state index is 17.5. The zero-order valence-corrected chi connectivity index (χ0v) is 31.4. The maximum Gasteiger partial charge on any atom is 0.410 e. The Hall–Kier alpha value is -5.00. The molecule has 2 aromatic carbocycles. The van der Waals surface area contributed by atoms with Gasteiger partial charge in [-0.1, -0.05) is 18.1 Å². The minimum absolute atomic E-state index is 0.0260. The minimum atomic E-state index is -0.944. The van der Waals surface area contributed by atoms with Crippen LogP contribution >= 0.6 is 0 Å². The number of anilines is 1. The summed E-state index contributed by atoms with van der Waals surface area (Å²) in [5.74, 6) is 3.01. The van der Waals surface area contributed by atoms with E-state index in [1.54, 1.807) is 12.1 Å². The van der Waals surface area contributed by atoms with Crippen molar-refractivity contribution in [1.82, 2.24) is 24.8 Å². The van der Waals surface area contributed by atoms with E-state index in [-0.39, 0.29) is 67.3 Å². The molecule has 0 aliphatic carbocycles. The number of piperazine rings is 1. The zero-order chi connectivity index (χ0) is 38.2. The quantitative estimate of drug-likeness (QED) is 0.158. The van der Waals surface area contributed by atoms with Crippen LogP contribution in [0.4, 0.5) is 19.4 Å². The number of carbonyl (C=O) groups excluding carboxylic acids is 1. The van der Waals surface area contributed by atoms with Crippen molar-refractivity contribution in [2.24, 2.45) is 0 Å². The van der Waals surface area contributed by atoms with Crippen molar-refractivity contribution in [3.05, 3.63) is 41.7 Å². The number of benzene rings is 2. The summed E-state index contributed by atoms with van der Waals surface area (Å²) in [4.78, 5) is 34.2. The highest BCUT2D eigenvalue weighted by Gasteiger charge is 2.52. The van der Waals surface area contributed by atoms with E-state index >= 15 is 4.39 Å². The molecule has 0 saturated carbocycles. The van der Waals surface area contributed by atoms with Gasteiger partial charge in [-0.15, -0.1) is 6.42 Å². The Morgan fingerprint density at radius 3 is 2.76 bits per heavy atom. The van der Waals surface area contributed by atoms with Gasteiger partial charge in [-0.3, -0.25) is 9.80 Å². The van der Waals surface area contributed by atoms with Crippen molar-refractivity contribution in [3.63, 3.8) is 0 Å². The van der Waals surface area contributed by atoms with E-state index in [2.05, 4.69) is 15.7 Å². The predicted molar refractivity (Wildman–Crippen MR) is 201 cm³/mol. The number of alkyl halides is 1. The standard InChI is InChI=1S/C41H44F2N6O6/c1-6-23-9-7-10-24-15-27(54-22-51-5)16-28(31(23)24)34-33(43)35-32-36(46-38(45-35)53-21-41-13-8-14-47(41)18-25(42)17-41)48-19-26-11-12-29(30(48)20-52-37(32)44-34)49(26)39(50)55-40(2,3)4/h1,7,9-10,15-16,25-26,29-30H,8,11-14,17-22H2,2-5H3/t25-,26-,29+,30-,41+/m0/s1. The summed E-state index contributed by atoms with van der Waals surface area (Å²) in [5.41, 5.74) is -0.287. The van der Waals surface area contributed by atoms with Crippen molar-refractivity contribution >= 4 is 33.6 Å². The van der Waals surface area contributed by atoms with Gasteiger partial charge in [-0.05, 0) is 76.6 Å². The van der Waals surface area contributed by atoms with E-state index in [1.165, 1.54) is 7.11 Å². The lowest BCUT2D eigenvalue weighted by molar-refractivity contribution is 0.00537. The molecule has 7 heterocycles. The molecule has 5 atom stereocenters. The van der Waals surface area contributed by atoms with Crippen LogP contribution < -0.4 is 19.1 Å². The number of hydrogen-bond donors (Lipinski definition) is 0. The number of methoxy groups -OCH3 is 1. The Balaban J connectivity index is 1.20. The number of amides is 1. The number of halogens is 2. The minimum Gasteiger partial charge on any atom is -0.475 e. The molecule has 0 radical (unpaired) electrons. The second kappa shape index (κ2) is 13.3. The Morgan fingerprint density at radius 2 is 1.96 bits per heavy atom. The van der Waals surface area contributed by atoms with Crippen LogP contribution in [-0.4, -0.2) is 113 Å². The molecule has 5 aliphatic heterocycles. The SMILES string of the molecule is C#Cc1cccc2cc(OCOC)cc(-c3nc4c5c(nc(OC[C@]67CCCN6C[C@@H](F)C7)nc5c3F)N3C[C@@H]5CC[C@H]([C@@H]3CO4)N5C(=O)OC(C)(C)C)c12. The third-order valence-electron chi connectivity index (χ3n) is 11.7. The van der Waals surface area contributed by atoms with E-state index in [9.17, 15) is 9.18 Å². The number of nitrogens with zero attached hydrogens (tertiary/aromatic N) is 6. The van der Waals surface area contributed by atoms with Crippen molar-refractivity contribution in [2.45, 2.75) is 88.3 Å². The molecule has 2 aromatic heterocycles. The Bertz CT molecular complexity index is 2240. The number of rotatable bonds is 7. The van der Waals surface area contributed by atoms with Crippen LogP contribution in [0, 0.1) is 18.2 Å². The number of terminal acetylenes is 1. The van der Waals surface area contributed by atoms with Crippen molar-refractivity contribution in [1.29, 1.82) is 0 Å². The Morgan fingerprint density at radius 1 is 1.11 bits per heavy atom. The lowest BCUT2D eigenvalue weighted by Crippen LogP contribution is -2.63. The highest BCUT2D eigenvalue weighted by molar-refractivity contribution is 6.04. The summed E-state index contributed by atoms with van der Waals surface area (Å²) >= 11 is 0. The Labute approximate surface area is 318 Å². The first-order chi connectivity index (χ1) is 26.5. The maximum absolute atomic E-state index is 17.5. The van der Waals surface area contributed by atoms with Gasteiger partial charge in [-0.25, -0.2) is 18.6 Å². The first-order valence-electron chi connectivity index (χ1n) is 19.0. The molecular formula is C41H44F2N6O6. The lowest BCUT2D eigenvalue weighted by atomic mass is 9.95. The molecule has 5 aliphatic rings. The van der Waals surface area contributed by atoms with Gasteiger partial charge >= 0.3 is 12.1 Å². The third-order valence-corrected chi connectivity index (χ3v) is 11.7. The zero-order valence-electron chi connectivity index (χ0n) is 31.4. The monoisotopic (exact) mass is 754 g/mol. The van der Waals surface area contributed by atoms with Crippen LogP contribution in [0.1, 0.15) is 58.4 Å². The highest BCUT2D eigenvalue weighted by atomic mass is 19.1. The summed E-state index contributed by atoms with van der Waals surface area (Å²) in [6, 6.07) is 8.18. The van der Waals surface area contributed by atoms with Crippen LogP contribution in [0.5, 0.6) is 17.6 Å². The average Bonchev–Trinajstić information content (AvgIpc) is 3.76. The summed E-state index contributed by atoms with van der Waals surface area (Å²) in [5, 5.41) is 1.63. The Kier molecular flexibility index (Phi) is 8.65. The topological polar surface area (TPSA) is 112 Å². The van der Waals surface area contributed by atoms with Crippen molar-refractivity contribution in [2.75, 3.05) is 51.7 Å². The first-order valence-corrected chi connectivity index (χ1v) is 19.0. The second-order valence-electron chi connectivity index (χ2n) is 16.3. The number of hydrogen-bond acceptors (Lipinski definition) is 11. The van der Waals surface area contributed by atoms with E-state index in [0.717, 1.165) is 37.6 Å². The van der Waals surface area contributed by atoms with Gasteiger partial charge in [0.05, 0.1) is 23.7 Å². The fraction of sp³-hybridized carbons (Fsp3) is 0.512. The molecule has 14 heteroatoms. The number of ether oxygens (including phenoxy) is 5. The van der Waals surface area contributed by atoms with Crippen molar-refractivity contribution in [3.8, 4) is 41.2 Å². The molecule has 4 saturated heterocycles. The van der Waals surface area contributed by atoms with Gasteiger partial charge in [0.1, 0.15) is 53.2 Å². The largest absolute Gasteiger partial charge is 0.475 e. The highest BCUT2D eigenvalue weighted by Crippen LogP contribution is 2.47. The number of pyridine rings is 1. The number of carbonyl (C=O) groups is 1. The molecule has 2 bridgehead atoms. The van der Waals surface area contributed by atoms with E-state index < -0.39 is 23.1 Å². The smallest absolute Gasteiger partial charge is 0.410 e. The molecule has 0 N–H and O–H groups in total. The number of aromatic nitrogens is 3. The van der Waals surface area contributed by atoms with Gasteiger partial charge in [0, 0.05) is 43.1 Å². The molecular weight excluding hydrogens is 710 g/mol. The summed E-state index contributed by atoms with van der Waals surface area (Å²) in [7, 11) is 1.52. The van der Waals surface area contributed by atoms with Gasteiger partial charge in [0.25, 0.3) is 0 Å². The normalized spacial score (nSPS) is 25.7. The first kappa shape index (κ1) is 35.7. The number of fused-ring (bicyclic) bond motifs is 7. The van der Waals surface area contributed by atoms with Crippen molar-refractivity contribution < 1.29 is 37.3 Å².